The number of amides is 1. The van der Waals surface area contributed by atoms with Crippen LogP contribution >= 0.6 is 15.9 Å². The maximum atomic E-state index is 13.7. The van der Waals surface area contributed by atoms with Gasteiger partial charge in [0.2, 0.25) is 0 Å². The fraction of sp³-hybridized carbons (Fsp3) is 0.133. The molecule has 2 aromatic carbocycles. The van der Waals surface area contributed by atoms with E-state index < -0.39 is 23.1 Å². The standard InChI is InChI=1S/C15H12BrF2NO2/c1-2-21-11-5-3-4-10(8-11)19-15(20)14-12(17)6-9(16)7-13(14)18/h3-8H,2H2,1H3,(H,19,20). The van der Waals surface area contributed by atoms with Gasteiger partial charge in [-0.2, -0.15) is 0 Å². The van der Waals surface area contributed by atoms with E-state index in [1.807, 2.05) is 6.92 Å². The molecule has 6 heteroatoms. The first kappa shape index (κ1) is 15.4. The molecule has 0 radical (unpaired) electrons. The van der Waals surface area contributed by atoms with Crippen LogP contribution in [0.5, 0.6) is 5.75 Å². The van der Waals surface area contributed by atoms with Crippen molar-refractivity contribution in [3.63, 3.8) is 0 Å². The lowest BCUT2D eigenvalue weighted by molar-refractivity contribution is 0.101. The molecular weight excluding hydrogens is 344 g/mol. The third kappa shape index (κ3) is 3.78. The maximum Gasteiger partial charge on any atom is 0.261 e. The van der Waals surface area contributed by atoms with Gasteiger partial charge in [-0.3, -0.25) is 4.79 Å². The first-order chi connectivity index (χ1) is 10.0. The minimum Gasteiger partial charge on any atom is -0.494 e. The van der Waals surface area contributed by atoms with Crippen LogP contribution in [0.1, 0.15) is 17.3 Å². The van der Waals surface area contributed by atoms with E-state index in [9.17, 15) is 13.6 Å². The van der Waals surface area contributed by atoms with Crippen LogP contribution in [0.3, 0.4) is 0 Å². The maximum absolute atomic E-state index is 13.7. The predicted molar refractivity (Wildman–Crippen MR) is 79.6 cm³/mol. The smallest absolute Gasteiger partial charge is 0.261 e. The molecule has 0 aliphatic heterocycles. The van der Waals surface area contributed by atoms with Crippen LogP contribution in [-0.2, 0) is 0 Å². The second-order valence-electron chi connectivity index (χ2n) is 4.16. The Morgan fingerprint density at radius 1 is 1.24 bits per heavy atom. The highest BCUT2D eigenvalue weighted by atomic mass is 79.9. The van der Waals surface area contributed by atoms with Crippen LogP contribution in [0.2, 0.25) is 0 Å². The van der Waals surface area contributed by atoms with E-state index in [1.165, 1.54) is 0 Å². The summed E-state index contributed by atoms with van der Waals surface area (Å²) in [5.41, 5.74) is -0.229. The van der Waals surface area contributed by atoms with Crippen molar-refractivity contribution in [2.24, 2.45) is 0 Å². The van der Waals surface area contributed by atoms with Crippen LogP contribution < -0.4 is 10.1 Å². The van der Waals surface area contributed by atoms with Gasteiger partial charge in [0.15, 0.2) is 0 Å². The molecule has 2 rings (SSSR count). The van der Waals surface area contributed by atoms with Crippen LogP contribution in [0.4, 0.5) is 14.5 Å². The Bertz CT molecular complexity index is 653. The lowest BCUT2D eigenvalue weighted by Gasteiger charge is -2.09. The number of ether oxygens (including phenoxy) is 1. The van der Waals surface area contributed by atoms with Crippen molar-refractivity contribution in [3.8, 4) is 5.75 Å². The van der Waals surface area contributed by atoms with Crippen molar-refractivity contribution in [2.45, 2.75) is 6.92 Å². The normalized spacial score (nSPS) is 10.3. The molecule has 0 aliphatic rings. The van der Waals surface area contributed by atoms with Gasteiger partial charge in [-0.05, 0) is 31.2 Å². The second-order valence-corrected chi connectivity index (χ2v) is 5.08. The van der Waals surface area contributed by atoms with E-state index >= 15 is 0 Å². The van der Waals surface area contributed by atoms with Crippen LogP contribution in [0.25, 0.3) is 0 Å². The summed E-state index contributed by atoms with van der Waals surface area (Å²) in [5.74, 6) is -2.15. The highest BCUT2D eigenvalue weighted by Gasteiger charge is 2.18. The fourth-order valence-corrected chi connectivity index (χ4v) is 2.18. The Balaban J connectivity index is 2.24. The largest absolute Gasteiger partial charge is 0.494 e. The number of carbonyl (C=O) groups excluding carboxylic acids is 1. The van der Waals surface area contributed by atoms with Gasteiger partial charge < -0.3 is 10.1 Å². The van der Waals surface area contributed by atoms with Gasteiger partial charge in [0, 0.05) is 16.2 Å². The van der Waals surface area contributed by atoms with Crippen LogP contribution in [0, 0.1) is 11.6 Å². The van der Waals surface area contributed by atoms with E-state index in [0.29, 0.717) is 18.0 Å². The molecule has 0 aromatic heterocycles. The number of carbonyl (C=O) groups is 1. The number of nitrogens with one attached hydrogen (secondary N) is 1. The third-order valence-electron chi connectivity index (χ3n) is 2.64. The molecule has 21 heavy (non-hydrogen) atoms. The molecule has 0 heterocycles. The van der Waals surface area contributed by atoms with Gasteiger partial charge in [-0.25, -0.2) is 8.78 Å². The molecule has 0 bridgehead atoms. The number of hydrogen-bond donors (Lipinski definition) is 1. The topological polar surface area (TPSA) is 38.3 Å². The third-order valence-corrected chi connectivity index (χ3v) is 3.09. The Hall–Kier alpha value is -1.95. The molecule has 0 fully saturated rings. The molecule has 0 spiro atoms. The summed E-state index contributed by atoms with van der Waals surface area (Å²) in [5, 5.41) is 2.44. The summed E-state index contributed by atoms with van der Waals surface area (Å²) in [6.45, 7) is 2.31. The Morgan fingerprint density at radius 3 is 2.52 bits per heavy atom. The van der Waals surface area contributed by atoms with E-state index in [1.54, 1.807) is 24.3 Å². The van der Waals surface area contributed by atoms with Gasteiger partial charge in [-0.15, -0.1) is 0 Å². The molecule has 0 saturated heterocycles. The molecule has 2 aromatic rings. The lowest BCUT2D eigenvalue weighted by Crippen LogP contribution is -2.16. The molecule has 0 saturated carbocycles. The minimum absolute atomic E-state index is 0.229. The summed E-state index contributed by atoms with van der Waals surface area (Å²) in [4.78, 5) is 12.0. The number of hydrogen-bond acceptors (Lipinski definition) is 2. The zero-order valence-corrected chi connectivity index (χ0v) is 12.7. The fourth-order valence-electron chi connectivity index (χ4n) is 1.78. The molecular formula is C15H12BrF2NO2. The first-order valence-electron chi connectivity index (χ1n) is 6.20. The Kier molecular flexibility index (Phi) is 4.90. The van der Waals surface area contributed by atoms with Crippen molar-refractivity contribution >= 4 is 27.5 Å². The Labute approximate surface area is 129 Å². The van der Waals surface area contributed by atoms with E-state index in [0.717, 1.165) is 12.1 Å². The summed E-state index contributed by atoms with van der Waals surface area (Å²) >= 11 is 2.96. The number of benzene rings is 2. The summed E-state index contributed by atoms with van der Waals surface area (Å²) < 4.78 is 32.9. The number of rotatable bonds is 4. The predicted octanol–water partition coefficient (Wildman–Crippen LogP) is 4.38. The van der Waals surface area contributed by atoms with Crippen molar-refractivity contribution in [1.82, 2.24) is 0 Å². The first-order valence-corrected chi connectivity index (χ1v) is 6.99. The summed E-state index contributed by atoms with van der Waals surface area (Å²) in [6, 6.07) is 8.66. The van der Waals surface area contributed by atoms with E-state index in [-0.39, 0.29) is 4.47 Å². The molecule has 1 amide bonds. The molecule has 0 atom stereocenters. The van der Waals surface area contributed by atoms with Gasteiger partial charge in [0.25, 0.3) is 5.91 Å². The second kappa shape index (κ2) is 6.67. The zero-order valence-electron chi connectivity index (χ0n) is 11.1. The monoisotopic (exact) mass is 355 g/mol. The summed E-state index contributed by atoms with van der Waals surface area (Å²) in [6.07, 6.45) is 0. The Morgan fingerprint density at radius 2 is 1.90 bits per heavy atom. The number of anilines is 1. The number of halogens is 3. The average molecular weight is 356 g/mol. The molecule has 0 aliphatic carbocycles. The highest BCUT2D eigenvalue weighted by molar-refractivity contribution is 9.10. The molecule has 0 unspecified atom stereocenters. The zero-order chi connectivity index (χ0) is 15.4. The lowest BCUT2D eigenvalue weighted by atomic mass is 10.1. The van der Waals surface area contributed by atoms with Gasteiger partial charge in [0.05, 0.1) is 6.61 Å². The molecule has 110 valence electrons. The average Bonchev–Trinajstić information content (AvgIpc) is 2.38. The SMILES string of the molecule is CCOc1cccc(NC(=O)c2c(F)cc(Br)cc2F)c1. The van der Waals surface area contributed by atoms with Crippen LogP contribution in [-0.4, -0.2) is 12.5 Å². The van der Waals surface area contributed by atoms with Crippen molar-refractivity contribution in [3.05, 3.63) is 58.1 Å². The van der Waals surface area contributed by atoms with Crippen LogP contribution in [0.15, 0.2) is 40.9 Å². The van der Waals surface area contributed by atoms with Crippen molar-refractivity contribution < 1.29 is 18.3 Å². The van der Waals surface area contributed by atoms with Gasteiger partial charge in [0.1, 0.15) is 22.9 Å². The van der Waals surface area contributed by atoms with Crippen molar-refractivity contribution in [2.75, 3.05) is 11.9 Å². The highest BCUT2D eigenvalue weighted by Crippen LogP contribution is 2.22. The molecule has 1 N–H and O–H groups in total. The van der Waals surface area contributed by atoms with E-state index in [4.69, 9.17) is 4.74 Å². The summed E-state index contributed by atoms with van der Waals surface area (Å²) in [7, 11) is 0. The molecule has 3 nitrogen and oxygen atoms in total. The quantitative estimate of drug-likeness (QED) is 0.883. The van der Waals surface area contributed by atoms with Gasteiger partial charge >= 0.3 is 0 Å². The van der Waals surface area contributed by atoms with Crippen molar-refractivity contribution in [1.29, 1.82) is 0 Å². The van der Waals surface area contributed by atoms with E-state index in [2.05, 4.69) is 21.2 Å². The van der Waals surface area contributed by atoms with Gasteiger partial charge in [-0.1, -0.05) is 22.0 Å². The minimum atomic E-state index is -0.930.